The molecule has 0 bridgehead atoms. The van der Waals surface area contributed by atoms with Crippen LogP contribution in [0.4, 0.5) is 5.69 Å². The van der Waals surface area contributed by atoms with E-state index in [-0.39, 0.29) is 23.2 Å². The largest absolute Gasteiger partial charge is 0.325 e. The van der Waals surface area contributed by atoms with Gasteiger partial charge in [0.25, 0.3) is 0 Å². The Kier molecular flexibility index (Phi) is 6.40. The number of ketones is 1. The molecule has 0 spiro atoms. The van der Waals surface area contributed by atoms with Crippen molar-refractivity contribution in [1.82, 2.24) is 0 Å². The molecule has 2 aromatic carbocycles. The first-order valence-corrected chi connectivity index (χ1v) is 8.26. The maximum Gasteiger partial charge on any atom is 0.234 e. The van der Waals surface area contributed by atoms with E-state index in [2.05, 4.69) is 5.32 Å². The molecule has 1 atom stereocenters. The summed E-state index contributed by atoms with van der Waals surface area (Å²) in [5.74, 6) is -0.817. The molecule has 5 heteroatoms. The van der Waals surface area contributed by atoms with Crippen molar-refractivity contribution in [2.24, 2.45) is 0 Å². The molecule has 116 valence electrons. The van der Waals surface area contributed by atoms with Crippen LogP contribution >= 0.6 is 11.8 Å². The first kappa shape index (κ1) is 16.8. The Balaban J connectivity index is 1.80. The van der Waals surface area contributed by atoms with Gasteiger partial charge in [-0.15, -0.1) is 11.8 Å². The molecule has 0 saturated heterocycles. The zero-order valence-electron chi connectivity index (χ0n) is 12.4. The molecule has 0 saturated carbocycles. The number of nitrogens with one attached hydrogen (secondary N) is 1. The number of benzene rings is 2. The van der Waals surface area contributed by atoms with Crippen molar-refractivity contribution >= 4 is 29.1 Å². The Labute approximate surface area is 139 Å². The molecule has 2 rings (SSSR count). The molecular weight excluding hydrogens is 308 g/mol. The van der Waals surface area contributed by atoms with Crippen LogP contribution in [0.25, 0.3) is 0 Å². The van der Waals surface area contributed by atoms with Crippen LogP contribution in [0, 0.1) is 11.3 Å². The number of hydrogen-bond donors (Lipinski definition) is 1. The van der Waals surface area contributed by atoms with Crippen LogP contribution in [0.5, 0.6) is 0 Å². The maximum atomic E-state index is 12.1. The molecule has 0 aliphatic carbocycles. The maximum absolute atomic E-state index is 12.1. The summed E-state index contributed by atoms with van der Waals surface area (Å²) in [5, 5.41) is 11.9. The van der Waals surface area contributed by atoms with Crippen LogP contribution in [0.2, 0.25) is 0 Å². The van der Waals surface area contributed by atoms with E-state index in [1.165, 1.54) is 11.8 Å². The fraction of sp³-hybridized carbons (Fsp3) is 0.167. The summed E-state index contributed by atoms with van der Waals surface area (Å²) in [7, 11) is 0. The lowest BCUT2D eigenvalue weighted by Gasteiger charge is -2.08. The van der Waals surface area contributed by atoms with Crippen molar-refractivity contribution in [3.05, 3.63) is 66.2 Å². The highest BCUT2D eigenvalue weighted by Gasteiger charge is 2.19. The van der Waals surface area contributed by atoms with E-state index in [0.717, 1.165) is 5.69 Å². The predicted molar refractivity (Wildman–Crippen MR) is 92.2 cm³/mol. The fourth-order valence-corrected chi connectivity index (χ4v) is 2.75. The Hall–Kier alpha value is -2.58. The topological polar surface area (TPSA) is 70.0 Å². The number of carbonyl (C=O) groups excluding carboxylic acids is 2. The van der Waals surface area contributed by atoms with Gasteiger partial charge < -0.3 is 5.32 Å². The molecule has 1 N–H and O–H groups in total. The lowest BCUT2D eigenvalue weighted by Crippen LogP contribution is -2.17. The van der Waals surface area contributed by atoms with Gasteiger partial charge in [-0.3, -0.25) is 9.59 Å². The molecule has 1 amide bonds. The van der Waals surface area contributed by atoms with Gasteiger partial charge >= 0.3 is 0 Å². The van der Waals surface area contributed by atoms with E-state index >= 15 is 0 Å². The van der Waals surface area contributed by atoms with Gasteiger partial charge in [-0.2, -0.15) is 5.26 Å². The number of rotatable bonds is 7. The second kappa shape index (κ2) is 8.76. The summed E-state index contributed by atoms with van der Waals surface area (Å²) in [5.41, 5.74) is 1.41. The molecule has 2 aromatic rings. The molecule has 0 aliphatic heterocycles. The normalized spacial score (nSPS) is 11.3. The molecule has 0 radical (unpaired) electrons. The average molecular weight is 324 g/mol. The zero-order valence-corrected chi connectivity index (χ0v) is 13.3. The van der Waals surface area contributed by atoms with Crippen molar-refractivity contribution in [2.75, 3.05) is 16.8 Å². The Bertz CT molecular complexity index is 696. The SMILES string of the molecule is N#CC(C(=O)CSCC(=O)Nc1ccccc1)c1ccccc1. The van der Waals surface area contributed by atoms with Gasteiger partial charge in [0.15, 0.2) is 5.78 Å². The standard InChI is InChI=1S/C18H16N2O2S/c19-11-16(14-7-3-1-4-8-14)17(21)12-23-13-18(22)20-15-9-5-2-6-10-15/h1-10,16H,12-13H2,(H,20,22). The smallest absolute Gasteiger partial charge is 0.234 e. The minimum Gasteiger partial charge on any atom is -0.325 e. The van der Waals surface area contributed by atoms with Crippen molar-refractivity contribution in [2.45, 2.75) is 5.92 Å². The number of carbonyl (C=O) groups is 2. The minimum atomic E-state index is -0.777. The van der Waals surface area contributed by atoms with Crippen molar-refractivity contribution in [3.8, 4) is 6.07 Å². The predicted octanol–water partition coefficient (Wildman–Crippen LogP) is 3.23. The Morgan fingerprint density at radius 2 is 1.61 bits per heavy atom. The van der Waals surface area contributed by atoms with E-state index < -0.39 is 5.92 Å². The molecule has 0 aromatic heterocycles. The summed E-state index contributed by atoms with van der Waals surface area (Å²) in [6, 6.07) is 20.1. The Morgan fingerprint density at radius 1 is 1.00 bits per heavy atom. The van der Waals surface area contributed by atoms with Crippen molar-refractivity contribution in [1.29, 1.82) is 5.26 Å². The number of hydrogen-bond acceptors (Lipinski definition) is 4. The average Bonchev–Trinajstić information content (AvgIpc) is 2.57. The lowest BCUT2D eigenvalue weighted by molar-refractivity contribution is -0.116. The fourth-order valence-electron chi connectivity index (χ4n) is 2.02. The summed E-state index contributed by atoms with van der Waals surface area (Å²) in [6.07, 6.45) is 0. The third-order valence-corrected chi connectivity index (χ3v) is 4.07. The van der Waals surface area contributed by atoms with Gasteiger partial charge in [-0.1, -0.05) is 48.5 Å². The summed E-state index contributed by atoms with van der Waals surface area (Å²) in [4.78, 5) is 23.9. The summed E-state index contributed by atoms with van der Waals surface area (Å²) < 4.78 is 0. The quantitative estimate of drug-likeness (QED) is 0.849. The van der Waals surface area contributed by atoms with Gasteiger partial charge in [0.05, 0.1) is 17.6 Å². The van der Waals surface area contributed by atoms with Crippen LogP contribution in [0.1, 0.15) is 11.5 Å². The highest BCUT2D eigenvalue weighted by Crippen LogP contribution is 2.18. The van der Waals surface area contributed by atoms with Gasteiger partial charge in [0, 0.05) is 5.69 Å². The second-order valence-electron chi connectivity index (χ2n) is 4.85. The van der Waals surface area contributed by atoms with E-state index in [0.29, 0.717) is 5.56 Å². The molecule has 0 heterocycles. The third-order valence-electron chi connectivity index (χ3n) is 3.12. The van der Waals surface area contributed by atoms with Crippen LogP contribution in [0.15, 0.2) is 60.7 Å². The van der Waals surface area contributed by atoms with Crippen LogP contribution in [-0.4, -0.2) is 23.2 Å². The number of nitriles is 1. The van der Waals surface area contributed by atoms with Gasteiger partial charge in [0.1, 0.15) is 5.92 Å². The zero-order chi connectivity index (χ0) is 16.5. The lowest BCUT2D eigenvalue weighted by atomic mass is 9.97. The molecule has 1 unspecified atom stereocenters. The first-order valence-electron chi connectivity index (χ1n) is 7.10. The summed E-state index contributed by atoms with van der Waals surface area (Å²) in [6.45, 7) is 0. The van der Waals surface area contributed by atoms with Gasteiger partial charge in [-0.25, -0.2) is 0 Å². The second-order valence-corrected chi connectivity index (χ2v) is 5.83. The van der Waals surface area contributed by atoms with Crippen molar-refractivity contribution < 1.29 is 9.59 Å². The van der Waals surface area contributed by atoms with E-state index in [4.69, 9.17) is 0 Å². The number of amides is 1. The highest BCUT2D eigenvalue weighted by molar-refractivity contribution is 8.00. The Morgan fingerprint density at radius 3 is 2.22 bits per heavy atom. The minimum absolute atomic E-state index is 0.134. The van der Waals surface area contributed by atoms with Crippen LogP contribution < -0.4 is 5.32 Å². The van der Waals surface area contributed by atoms with E-state index in [9.17, 15) is 14.9 Å². The van der Waals surface area contributed by atoms with Crippen LogP contribution in [0.3, 0.4) is 0 Å². The summed E-state index contributed by atoms with van der Waals surface area (Å²) >= 11 is 1.21. The molecule has 23 heavy (non-hydrogen) atoms. The number of nitrogens with zero attached hydrogens (tertiary/aromatic N) is 1. The molecular formula is C18H16N2O2S. The molecule has 0 aliphatic rings. The number of anilines is 1. The molecule has 4 nitrogen and oxygen atoms in total. The first-order chi connectivity index (χ1) is 11.2. The number of para-hydroxylation sites is 1. The van der Waals surface area contributed by atoms with E-state index in [1.807, 2.05) is 30.3 Å². The molecule has 0 fully saturated rings. The number of Topliss-reactive ketones (excluding diaryl/α,β-unsaturated/α-hetero) is 1. The number of thioether (sulfide) groups is 1. The van der Waals surface area contributed by atoms with Crippen LogP contribution in [-0.2, 0) is 9.59 Å². The highest BCUT2D eigenvalue weighted by atomic mass is 32.2. The van der Waals surface area contributed by atoms with E-state index in [1.54, 1.807) is 36.4 Å². The third kappa shape index (κ3) is 5.28. The van der Waals surface area contributed by atoms with Crippen molar-refractivity contribution in [3.63, 3.8) is 0 Å². The monoisotopic (exact) mass is 324 g/mol. The van der Waals surface area contributed by atoms with Gasteiger partial charge in [0.2, 0.25) is 5.91 Å². The van der Waals surface area contributed by atoms with Gasteiger partial charge in [-0.05, 0) is 17.7 Å².